The number of carbonyl (C=O) groups is 1. The number of sulfone groups is 1. The number of ketones is 1. The lowest BCUT2D eigenvalue weighted by molar-refractivity contribution is -0.115. The molecule has 0 saturated carbocycles. The molecule has 0 unspecified atom stereocenters. The predicted octanol–water partition coefficient (Wildman–Crippen LogP) is 0.0119. The lowest BCUT2D eigenvalue weighted by Crippen LogP contribution is -2.38. The molecule has 0 aliphatic carbocycles. The fourth-order valence-electron chi connectivity index (χ4n) is 0.342. The van der Waals surface area contributed by atoms with Crippen LogP contribution < -0.4 is 0 Å². The summed E-state index contributed by atoms with van der Waals surface area (Å²) in [4.78, 5) is 10.9. The molecule has 0 heterocycles. The van der Waals surface area contributed by atoms with Crippen molar-refractivity contribution in [2.24, 2.45) is 0 Å². The topological polar surface area (TPSA) is 51.2 Å². The van der Waals surface area contributed by atoms with Gasteiger partial charge in [-0.15, -0.1) is 6.42 Å². The lowest BCUT2D eigenvalue weighted by Gasteiger charge is -2.16. The van der Waals surface area contributed by atoms with E-state index in [9.17, 15) is 13.2 Å². The Morgan fingerprint density at radius 3 is 1.91 bits per heavy atom. The van der Waals surface area contributed by atoms with Gasteiger partial charge in [0.1, 0.15) is 4.75 Å². The van der Waals surface area contributed by atoms with Crippen LogP contribution in [0.1, 0.15) is 13.8 Å². The maximum absolute atomic E-state index is 10.9. The number of terminal acetylenes is 1. The van der Waals surface area contributed by atoms with E-state index < -0.39 is 20.4 Å². The molecule has 0 N–H and O–H groups in total. The Hall–Kier alpha value is -0.820. The zero-order valence-electron chi connectivity index (χ0n) is 6.71. The quantitative estimate of drug-likeness (QED) is 0.438. The van der Waals surface area contributed by atoms with Crippen LogP contribution in [-0.2, 0) is 14.6 Å². The Labute approximate surface area is 66.7 Å². The van der Waals surface area contributed by atoms with Crippen molar-refractivity contribution in [2.45, 2.75) is 18.6 Å². The Balaban J connectivity index is 5.11. The van der Waals surface area contributed by atoms with E-state index in [4.69, 9.17) is 6.42 Å². The average Bonchev–Trinajstić information content (AvgIpc) is 1.83. The second kappa shape index (κ2) is 2.67. The second-order valence-electron chi connectivity index (χ2n) is 2.76. The van der Waals surface area contributed by atoms with Gasteiger partial charge in [-0.2, -0.15) is 0 Å². The fraction of sp³-hybridized carbons (Fsp3) is 0.571. The van der Waals surface area contributed by atoms with Crippen LogP contribution in [0.4, 0.5) is 0 Å². The molecule has 3 nitrogen and oxygen atoms in total. The molecule has 0 radical (unpaired) electrons. The Bertz CT molecular complexity index is 303. The van der Waals surface area contributed by atoms with Crippen molar-refractivity contribution >= 4 is 15.6 Å². The number of hydrogen-bond acceptors (Lipinski definition) is 3. The zero-order valence-corrected chi connectivity index (χ0v) is 7.53. The van der Waals surface area contributed by atoms with E-state index in [1.165, 1.54) is 13.8 Å². The van der Waals surface area contributed by atoms with Crippen LogP contribution in [0, 0.1) is 12.3 Å². The first-order valence-corrected chi connectivity index (χ1v) is 4.83. The van der Waals surface area contributed by atoms with Gasteiger partial charge in [0.15, 0.2) is 9.84 Å². The third-order valence-electron chi connectivity index (χ3n) is 1.60. The minimum absolute atomic E-state index is 0.708. The summed E-state index contributed by atoms with van der Waals surface area (Å²) in [6.45, 7) is 2.59. The van der Waals surface area contributed by atoms with E-state index in [-0.39, 0.29) is 0 Å². The first kappa shape index (κ1) is 10.2. The molecule has 0 saturated heterocycles. The molecule has 0 aromatic heterocycles. The summed E-state index contributed by atoms with van der Waals surface area (Å²) in [5.74, 6) is 1.09. The van der Waals surface area contributed by atoms with Gasteiger partial charge >= 0.3 is 0 Å². The molecule has 0 aliphatic rings. The highest BCUT2D eigenvalue weighted by Gasteiger charge is 2.36. The summed E-state index contributed by atoms with van der Waals surface area (Å²) >= 11 is 0. The molecule has 62 valence electrons. The van der Waals surface area contributed by atoms with E-state index in [0.717, 1.165) is 6.26 Å². The molecular weight excluding hydrogens is 164 g/mol. The van der Waals surface area contributed by atoms with Crippen LogP contribution in [-0.4, -0.2) is 25.2 Å². The summed E-state index contributed by atoms with van der Waals surface area (Å²) in [7, 11) is -3.41. The van der Waals surface area contributed by atoms with E-state index in [2.05, 4.69) is 0 Å². The summed E-state index contributed by atoms with van der Waals surface area (Å²) in [5, 5.41) is 0. The maximum atomic E-state index is 10.9. The van der Waals surface area contributed by atoms with Gasteiger partial charge < -0.3 is 0 Å². The van der Waals surface area contributed by atoms with E-state index in [0.29, 0.717) is 0 Å². The fourth-order valence-corrected chi connectivity index (χ4v) is 0.738. The Morgan fingerprint density at radius 1 is 1.45 bits per heavy atom. The normalized spacial score (nSPS) is 12.2. The van der Waals surface area contributed by atoms with Crippen LogP contribution in [0.25, 0.3) is 0 Å². The predicted molar refractivity (Wildman–Crippen MR) is 42.8 cm³/mol. The van der Waals surface area contributed by atoms with E-state index in [1.54, 1.807) is 5.92 Å². The van der Waals surface area contributed by atoms with Gasteiger partial charge in [0.25, 0.3) is 0 Å². The van der Waals surface area contributed by atoms with Gasteiger partial charge in [0, 0.05) is 6.26 Å². The summed E-state index contributed by atoms with van der Waals surface area (Å²) in [5.41, 5.74) is 0. The third-order valence-corrected chi connectivity index (χ3v) is 3.64. The standard InChI is InChI=1S/C7H10O3S/c1-5-6(8)7(2,3)11(4,9)10/h1H,2-4H3. The van der Waals surface area contributed by atoms with E-state index >= 15 is 0 Å². The average molecular weight is 174 g/mol. The van der Waals surface area contributed by atoms with Gasteiger partial charge in [-0.05, 0) is 19.8 Å². The smallest absolute Gasteiger partial charge is 0.225 e. The highest BCUT2D eigenvalue weighted by atomic mass is 32.2. The Morgan fingerprint density at radius 2 is 1.82 bits per heavy atom. The molecule has 0 aromatic carbocycles. The molecular formula is C7H10O3S. The van der Waals surface area contributed by atoms with Crippen LogP contribution in [0.2, 0.25) is 0 Å². The van der Waals surface area contributed by atoms with Crippen LogP contribution in [0.5, 0.6) is 0 Å². The van der Waals surface area contributed by atoms with Crippen molar-refractivity contribution in [3.05, 3.63) is 0 Å². The first-order valence-electron chi connectivity index (χ1n) is 2.94. The van der Waals surface area contributed by atoms with Crippen molar-refractivity contribution in [1.29, 1.82) is 0 Å². The van der Waals surface area contributed by atoms with Crippen molar-refractivity contribution in [1.82, 2.24) is 0 Å². The van der Waals surface area contributed by atoms with Crippen LogP contribution >= 0.6 is 0 Å². The highest BCUT2D eigenvalue weighted by molar-refractivity contribution is 7.92. The molecule has 0 spiro atoms. The molecule has 11 heavy (non-hydrogen) atoms. The summed E-state index contributed by atoms with van der Waals surface area (Å²) in [6, 6.07) is 0. The summed E-state index contributed by atoms with van der Waals surface area (Å²) < 4.78 is 20.4. The third kappa shape index (κ3) is 1.81. The summed E-state index contributed by atoms with van der Waals surface area (Å²) in [6.07, 6.45) is 5.78. The molecule has 0 atom stereocenters. The van der Waals surface area contributed by atoms with Gasteiger partial charge in [-0.25, -0.2) is 8.42 Å². The highest BCUT2D eigenvalue weighted by Crippen LogP contribution is 2.15. The SMILES string of the molecule is C#CC(=O)C(C)(C)S(C)(=O)=O. The monoisotopic (exact) mass is 174 g/mol. The van der Waals surface area contributed by atoms with E-state index in [1.807, 2.05) is 0 Å². The van der Waals surface area contributed by atoms with Crippen molar-refractivity contribution in [3.63, 3.8) is 0 Å². The number of rotatable bonds is 2. The zero-order chi connectivity index (χ0) is 9.28. The minimum Gasteiger partial charge on any atom is -0.283 e. The van der Waals surface area contributed by atoms with Crippen LogP contribution in [0.15, 0.2) is 0 Å². The molecule has 0 amide bonds. The number of carbonyl (C=O) groups excluding carboxylic acids is 1. The van der Waals surface area contributed by atoms with Gasteiger partial charge in [0.2, 0.25) is 5.78 Å². The number of hydrogen-bond donors (Lipinski definition) is 0. The maximum Gasteiger partial charge on any atom is 0.225 e. The van der Waals surface area contributed by atoms with Crippen LogP contribution in [0.3, 0.4) is 0 Å². The number of Topliss-reactive ketones (excluding diaryl/α,β-unsaturated/α-hetero) is 1. The van der Waals surface area contributed by atoms with Gasteiger partial charge in [-0.3, -0.25) is 4.79 Å². The van der Waals surface area contributed by atoms with Gasteiger partial charge in [0.05, 0.1) is 0 Å². The van der Waals surface area contributed by atoms with Crippen molar-refractivity contribution in [2.75, 3.05) is 6.26 Å². The lowest BCUT2D eigenvalue weighted by atomic mass is 10.1. The molecule has 0 fully saturated rings. The van der Waals surface area contributed by atoms with Gasteiger partial charge in [-0.1, -0.05) is 0 Å². The molecule has 0 rings (SSSR count). The van der Waals surface area contributed by atoms with Crippen molar-refractivity contribution < 1.29 is 13.2 Å². The minimum atomic E-state index is -3.41. The second-order valence-corrected chi connectivity index (χ2v) is 5.32. The van der Waals surface area contributed by atoms with Crippen molar-refractivity contribution in [3.8, 4) is 12.3 Å². The largest absolute Gasteiger partial charge is 0.283 e. The first-order chi connectivity index (χ1) is 4.73. The molecule has 4 heteroatoms. The molecule has 0 bridgehead atoms. The molecule has 0 aliphatic heterocycles. The Kier molecular flexibility index (Phi) is 2.47. The molecule has 0 aromatic rings.